The molecule has 76 valence electrons. The van der Waals surface area contributed by atoms with E-state index in [0.717, 1.165) is 0 Å². The van der Waals surface area contributed by atoms with Crippen molar-refractivity contribution in [2.75, 3.05) is 6.54 Å². The van der Waals surface area contributed by atoms with Crippen LogP contribution in [0.4, 0.5) is 0 Å². The second kappa shape index (κ2) is 5.53. The van der Waals surface area contributed by atoms with Crippen LogP contribution in [0.3, 0.4) is 0 Å². The van der Waals surface area contributed by atoms with Gasteiger partial charge in [-0.05, 0) is 5.92 Å². The van der Waals surface area contributed by atoms with Crippen LogP contribution in [0.5, 0.6) is 0 Å². The highest BCUT2D eigenvalue weighted by molar-refractivity contribution is 5.77. The Balaban J connectivity index is 3.76. The molecule has 0 aliphatic rings. The molecule has 5 heteroatoms. The molecule has 13 heavy (non-hydrogen) atoms. The van der Waals surface area contributed by atoms with E-state index in [2.05, 4.69) is 0 Å². The van der Waals surface area contributed by atoms with E-state index in [-0.39, 0.29) is 31.2 Å². The Hall–Kier alpha value is -1.10. The zero-order valence-electron chi connectivity index (χ0n) is 7.99. The summed E-state index contributed by atoms with van der Waals surface area (Å²) < 4.78 is 0. The topological polar surface area (TPSA) is 83.6 Å². The second-order valence-corrected chi connectivity index (χ2v) is 3.33. The third-order valence-electron chi connectivity index (χ3n) is 1.44. The minimum atomic E-state index is -0.531. The van der Waals surface area contributed by atoms with E-state index < -0.39 is 5.91 Å². The predicted octanol–water partition coefficient (Wildman–Crippen LogP) is 0.126. The molecule has 0 saturated carbocycles. The van der Waals surface area contributed by atoms with Crippen LogP contribution < -0.4 is 5.73 Å². The molecule has 0 atom stereocenters. The summed E-state index contributed by atoms with van der Waals surface area (Å²) in [7, 11) is 0. The van der Waals surface area contributed by atoms with E-state index in [1.807, 2.05) is 13.8 Å². The van der Waals surface area contributed by atoms with Crippen LogP contribution in [0, 0.1) is 5.92 Å². The van der Waals surface area contributed by atoms with Gasteiger partial charge in [0.1, 0.15) is 0 Å². The summed E-state index contributed by atoms with van der Waals surface area (Å²) >= 11 is 0. The number of primary amides is 1. The fourth-order valence-electron chi connectivity index (χ4n) is 0.795. The Morgan fingerprint density at radius 1 is 1.46 bits per heavy atom. The molecule has 0 aliphatic heterocycles. The monoisotopic (exact) mass is 188 g/mol. The van der Waals surface area contributed by atoms with Crippen molar-refractivity contribution in [1.82, 2.24) is 5.06 Å². The highest BCUT2D eigenvalue weighted by atomic mass is 16.5. The van der Waals surface area contributed by atoms with Gasteiger partial charge in [0.25, 0.3) is 0 Å². The quantitative estimate of drug-likeness (QED) is 0.475. The van der Waals surface area contributed by atoms with Crippen molar-refractivity contribution < 1.29 is 14.8 Å². The van der Waals surface area contributed by atoms with Gasteiger partial charge in [0.15, 0.2) is 0 Å². The fourth-order valence-corrected chi connectivity index (χ4v) is 0.795. The average molecular weight is 188 g/mol. The summed E-state index contributed by atoms with van der Waals surface area (Å²) in [4.78, 5) is 21.4. The molecule has 0 spiro atoms. The van der Waals surface area contributed by atoms with E-state index in [4.69, 9.17) is 10.9 Å². The molecule has 0 rings (SSSR count). The third kappa shape index (κ3) is 6.10. The van der Waals surface area contributed by atoms with Crippen LogP contribution in [-0.4, -0.2) is 28.6 Å². The van der Waals surface area contributed by atoms with Gasteiger partial charge >= 0.3 is 0 Å². The maximum Gasteiger partial charge on any atom is 0.246 e. The Labute approximate surface area is 77.5 Å². The number of carbonyl (C=O) groups excluding carboxylic acids is 2. The molecule has 3 N–H and O–H groups in total. The first-order valence-corrected chi connectivity index (χ1v) is 4.21. The zero-order chi connectivity index (χ0) is 10.4. The number of hydrogen-bond acceptors (Lipinski definition) is 3. The first kappa shape index (κ1) is 11.9. The number of hydroxylamine groups is 2. The molecule has 0 aromatic rings. The Morgan fingerprint density at radius 2 is 2.00 bits per heavy atom. The lowest BCUT2D eigenvalue weighted by atomic mass is 10.1. The highest BCUT2D eigenvalue weighted by Gasteiger charge is 2.12. The molecular weight excluding hydrogens is 172 g/mol. The van der Waals surface area contributed by atoms with Crippen molar-refractivity contribution in [1.29, 1.82) is 0 Å². The molecule has 2 amide bonds. The third-order valence-corrected chi connectivity index (χ3v) is 1.44. The Morgan fingerprint density at radius 3 is 2.38 bits per heavy atom. The molecule has 0 aromatic carbocycles. The summed E-state index contributed by atoms with van der Waals surface area (Å²) in [6, 6.07) is 0. The van der Waals surface area contributed by atoms with Crippen molar-refractivity contribution in [2.24, 2.45) is 11.7 Å². The number of rotatable bonds is 5. The van der Waals surface area contributed by atoms with Crippen LogP contribution in [0.15, 0.2) is 0 Å². The number of nitrogens with zero attached hydrogens (tertiary/aromatic N) is 1. The zero-order valence-corrected chi connectivity index (χ0v) is 7.99. The van der Waals surface area contributed by atoms with Gasteiger partial charge in [0.05, 0.1) is 6.54 Å². The molecule has 0 aliphatic carbocycles. The summed E-state index contributed by atoms with van der Waals surface area (Å²) in [6.45, 7) is 3.72. The summed E-state index contributed by atoms with van der Waals surface area (Å²) in [5.41, 5.74) is 4.85. The lowest BCUT2D eigenvalue weighted by Gasteiger charge is -2.14. The second-order valence-electron chi connectivity index (χ2n) is 3.33. The minimum absolute atomic E-state index is 0.0136. The van der Waals surface area contributed by atoms with Crippen molar-refractivity contribution in [3.63, 3.8) is 0 Å². The normalized spacial score (nSPS) is 10.2. The van der Waals surface area contributed by atoms with Crippen molar-refractivity contribution in [3.8, 4) is 0 Å². The van der Waals surface area contributed by atoms with Gasteiger partial charge < -0.3 is 5.73 Å². The summed E-state index contributed by atoms with van der Waals surface area (Å²) in [5, 5.41) is 9.64. The van der Waals surface area contributed by atoms with Crippen molar-refractivity contribution in [2.45, 2.75) is 26.7 Å². The fraction of sp³-hybridized carbons (Fsp3) is 0.750. The van der Waals surface area contributed by atoms with Gasteiger partial charge in [0, 0.05) is 12.8 Å². The predicted molar refractivity (Wildman–Crippen MR) is 46.8 cm³/mol. The first-order valence-electron chi connectivity index (χ1n) is 4.21. The van der Waals surface area contributed by atoms with Gasteiger partial charge in [-0.3, -0.25) is 14.8 Å². The number of amides is 2. The van der Waals surface area contributed by atoms with Crippen LogP contribution in [0.2, 0.25) is 0 Å². The maximum atomic E-state index is 11.1. The number of hydrogen-bond donors (Lipinski definition) is 2. The lowest BCUT2D eigenvalue weighted by Crippen LogP contribution is -2.31. The Kier molecular flexibility index (Phi) is 5.06. The maximum absolute atomic E-state index is 11.1. The Bertz CT molecular complexity index is 192. The lowest BCUT2D eigenvalue weighted by molar-refractivity contribution is -0.166. The molecule has 0 fully saturated rings. The van der Waals surface area contributed by atoms with E-state index in [1.165, 1.54) is 0 Å². The van der Waals surface area contributed by atoms with E-state index >= 15 is 0 Å². The van der Waals surface area contributed by atoms with E-state index in [9.17, 15) is 9.59 Å². The molecule has 5 nitrogen and oxygen atoms in total. The van der Waals surface area contributed by atoms with E-state index in [0.29, 0.717) is 5.06 Å². The first-order chi connectivity index (χ1) is 5.93. The highest BCUT2D eigenvalue weighted by Crippen LogP contribution is 2.02. The molecular formula is C8H16N2O3. The van der Waals surface area contributed by atoms with Gasteiger partial charge in [-0.15, -0.1) is 0 Å². The average Bonchev–Trinajstić information content (AvgIpc) is 1.98. The van der Waals surface area contributed by atoms with Gasteiger partial charge in [-0.25, -0.2) is 5.06 Å². The minimum Gasteiger partial charge on any atom is -0.370 e. The summed E-state index contributed by atoms with van der Waals surface area (Å²) in [5.74, 6) is -0.719. The SMILES string of the molecule is CC(C)CC(=O)N(O)CCC(N)=O. The van der Waals surface area contributed by atoms with Gasteiger partial charge in [-0.1, -0.05) is 13.8 Å². The molecule has 0 saturated heterocycles. The standard InChI is InChI=1S/C8H16N2O3/c1-6(2)5-8(12)10(13)4-3-7(9)11/h6,13H,3-5H2,1-2H3,(H2,9,11). The van der Waals surface area contributed by atoms with Crippen molar-refractivity contribution in [3.05, 3.63) is 0 Å². The van der Waals surface area contributed by atoms with Gasteiger partial charge in [-0.2, -0.15) is 0 Å². The van der Waals surface area contributed by atoms with Crippen LogP contribution in [0.1, 0.15) is 26.7 Å². The largest absolute Gasteiger partial charge is 0.370 e. The summed E-state index contributed by atoms with van der Waals surface area (Å²) in [6.07, 6.45) is 0.260. The van der Waals surface area contributed by atoms with Crippen LogP contribution in [-0.2, 0) is 9.59 Å². The molecule has 0 radical (unpaired) electrons. The van der Waals surface area contributed by atoms with Crippen LogP contribution in [0.25, 0.3) is 0 Å². The van der Waals surface area contributed by atoms with E-state index in [1.54, 1.807) is 0 Å². The molecule has 0 unspecified atom stereocenters. The molecule has 0 bridgehead atoms. The smallest absolute Gasteiger partial charge is 0.246 e. The molecule has 0 aromatic heterocycles. The number of carbonyl (C=O) groups is 2. The number of nitrogens with two attached hydrogens (primary N) is 1. The molecule has 0 heterocycles. The van der Waals surface area contributed by atoms with Crippen molar-refractivity contribution >= 4 is 11.8 Å². The van der Waals surface area contributed by atoms with Gasteiger partial charge in [0.2, 0.25) is 11.8 Å². The van der Waals surface area contributed by atoms with Crippen LogP contribution >= 0.6 is 0 Å².